The van der Waals surface area contributed by atoms with Crippen LogP contribution < -0.4 is 10.1 Å². The standard InChI is InChI=1S/C26H29N5O3S/c1-3-19(32)7-5-4-6-8-21(31-26(33)23-15-27-16-35-23)25-28-14-22(30-25)18-9-11-20-17(13-18)10-12-24(29-20)34-2/h9-16,21H,3-8H2,1-2H3,(H,28,30)(H,31,33)/t21-/m0/s1. The SMILES string of the molecule is CCC(=O)CCCCC[C@H](NC(=O)c1cncs1)c1ncc(-c2ccc3nc(OC)ccc3c2)[nH]1. The molecule has 9 heteroatoms. The van der Waals surface area contributed by atoms with Crippen molar-refractivity contribution in [3.8, 4) is 17.1 Å². The Bertz CT molecular complexity index is 1290. The molecule has 35 heavy (non-hydrogen) atoms. The van der Waals surface area contributed by atoms with Crippen LogP contribution in [-0.4, -0.2) is 38.7 Å². The van der Waals surface area contributed by atoms with E-state index in [1.165, 1.54) is 11.3 Å². The molecule has 3 aromatic heterocycles. The van der Waals surface area contributed by atoms with Crippen LogP contribution in [0.5, 0.6) is 5.88 Å². The van der Waals surface area contributed by atoms with Crippen molar-refractivity contribution >= 4 is 33.9 Å². The van der Waals surface area contributed by atoms with Crippen molar-refractivity contribution in [1.29, 1.82) is 0 Å². The van der Waals surface area contributed by atoms with Gasteiger partial charge < -0.3 is 15.0 Å². The summed E-state index contributed by atoms with van der Waals surface area (Å²) in [4.78, 5) is 41.3. The Morgan fingerprint density at radius 3 is 2.80 bits per heavy atom. The van der Waals surface area contributed by atoms with Gasteiger partial charge in [-0.3, -0.25) is 14.6 Å². The van der Waals surface area contributed by atoms with Gasteiger partial charge >= 0.3 is 0 Å². The Morgan fingerprint density at radius 2 is 2.03 bits per heavy atom. The van der Waals surface area contributed by atoms with Crippen molar-refractivity contribution in [1.82, 2.24) is 25.3 Å². The van der Waals surface area contributed by atoms with E-state index < -0.39 is 0 Å². The maximum absolute atomic E-state index is 12.7. The number of imidazole rings is 1. The third-order valence-electron chi connectivity index (χ3n) is 5.91. The van der Waals surface area contributed by atoms with Gasteiger partial charge in [-0.1, -0.05) is 25.8 Å². The summed E-state index contributed by atoms with van der Waals surface area (Å²) in [6.07, 6.45) is 7.94. The topological polar surface area (TPSA) is 110 Å². The highest BCUT2D eigenvalue weighted by molar-refractivity contribution is 7.11. The number of ether oxygens (including phenoxy) is 1. The number of hydrogen-bond acceptors (Lipinski definition) is 7. The van der Waals surface area contributed by atoms with Crippen LogP contribution in [0.4, 0.5) is 0 Å². The summed E-state index contributed by atoms with van der Waals surface area (Å²) in [5.41, 5.74) is 4.34. The number of Topliss-reactive ketones (excluding diaryl/α,β-unsaturated/α-hetero) is 1. The fraction of sp³-hybridized carbons (Fsp3) is 0.346. The molecule has 0 unspecified atom stereocenters. The number of hydrogen-bond donors (Lipinski definition) is 2. The second-order valence-corrected chi connectivity index (χ2v) is 9.21. The number of H-pyrrole nitrogens is 1. The molecule has 0 radical (unpaired) electrons. The molecule has 0 fully saturated rings. The number of thiazole rings is 1. The molecular formula is C26H29N5O3S. The molecule has 0 saturated heterocycles. The summed E-state index contributed by atoms with van der Waals surface area (Å²) < 4.78 is 5.21. The van der Waals surface area contributed by atoms with Crippen LogP contribution in [0.3, 0.4) is 0 Å². The molecule has 0 aliphatic heterocycles. The monoisotopic (exact) mass is 491 g/mol. The van der Waals surface area contributed by atoms with E-state index in [0.717, 1.165) is 47.8 Å². The van der Waals surface area contributed by atoms with Gasteiger partial charge in [0.2, 0.25) is 5.88 Å². The summed E-state index contributed by atoms with van der Waals surface area (Å²) in [6, 6.07) is 9.53. The number of aromatic amines is 1. The molecule has 3 heterocycles. The number of ketones is 1. The fourth-order valence-corrected chi connectivity index (χ4v) is 4.43. The Morgan fingerprint density at radius 1 is 1.14 bits per heavy atom. The number of amides is 1. The zero-order valence-corrected chi connectivity index (χ0v) is 20.7. The van der Waals surface area contributed by atoms with E-state index in [1.54, 1.807) is 25.0 Å². The second-order valence-electron chi connectivity index (χ2n) is 8.33. The summed E-state index contributed by atoms with van der Waals surface area (Å²) in [6.45, 7) is 1.89. The molecule has 2 N–H and O–H groups in total. The highest BCUT2D eigenvalue weighted by Gasteiger charge is 2.20. The number of nitrogens with zero attached hydrogens (tertiary/aromatic N) is 3. The largest absolute Gasteiger partial charge is 0.481 e. The number of unbranched alkanes of at least 4 members (excludes halogenated alkanes) is 2. The van der Waals surface area contributed by atoms with Crippen molar-refractivity contribution < 1.29 is 14.3 Å². The van der Waals surface area contributed by atoms with E-state index in [-0.39, 0.29) is 11.9 Å². The minimum atomic E-state index is -0.272. The van der Waals surface area contributed by atoms with E-state index in [0.29, 0.717) is 35.2 Å². The first-order valence-corrected chi connectivity index (χ1v) is 12.7. The zero-order valence-electron chi connectivity index (χ0n) is 19.9. The summed E-state index contributed by atoms with van der Waals surface area (Å²) in [5, 5.41) is 4.10. The molecule has 1 atom stereocenters. The van der Waals surface area contributed by atoms with Crippen molar-refractivity contribution in [3.05, 3.63) is 58.9 Å². The van der Waals surface area contributed by atoms with E-state index >= 15 is 0 Å². The lowest BCUT2D eigenvalue weighted by Gasteiger charge is -2.16. The van der Waals surface area contributed by atoms with Crippen LogP contribution in [0.2, 0.25) is 0 Å². The lowest BCUT2D eigenvalue weighted by atomic mass is 10.0. The first-order valence-electron chi connectivity index (χ1n) is 11.8. The van der Waals surface area contributed by atoms with Crippen LogP contribution in [0.25, 0.3) is 22.2 Å². The highest BCUT2D eigenvalue weighted by atomic mass is 32.1. The number of methoxy groups -OCH3 is 1. The minimum absolute atomic E-state index is 0.165. The average molecular weight is 492 g/mol. The Balaban J connectivity index is 1.49. The smallest absolute Gasteiger partial charge is 0.263 e. The third-order valence-corrected chi connectivity index (χ3v) is 6.69. The molecule has 1 amide bonds. The molecular weight excluding hydrogens is 462 g/mol. The van der Waals surface area contributed by atoms with Gasteiger partial charge in [0, 0.05) is 29.9 Å². The molecule has 4 rings (SSSR count). The number of carbonyl (C=O) groups excluding carboxylic acids is 2. The number of aromatic nitrogens is 4. The molecule has 0 aliphatic carbocycles. The Labute approximate surface area is 208 Å². The molecule has 0 saturated carbocycles. The number of benzene rings is 1. The summed E-state index contributed by atoms with van der Waals surface area (Å²) in [7, 11) is 1.60. The third kappa shape index (κ3) is 6.30. The van der Waals surface area contributed by atoms with Crippen molar-refractivity contribution in [3.63, 3.8) is 0 Å². The van der Waals surface area contributed by atoms with Gasteiger partial charge in [-0.2, -0.15) is 0 Å². The molecule has 0 bridgehead atoms. The molecule has 182 valence electrons. The van der Waals surface area contributed by atoms with Gasteiger partial charge in [0.25, 0.3) is 5.91 Å². The molecule has 4 aromatic rings. The van der Waals surface area contributed by atoms with E-state index in [1.807, 2.05) is 31.2 Å². The van der Waals surface area contributed by atoms with Crippen LogP contribution >= 0.6 is 11.3 Å². The van der Waals surface area contributed by atoms with Crippen LogP contribution in [0.1, 0.15) is 67.0 Å². The number of pyridine rings is 1. The Kier molecular flexibility index (Phi) is 8.20. The quantitative estimate of drug-likeness (QED) is 0.254. The van der Waals surface area contributed by atoms with E-state index in [9.17, 15) is 9.59 Å². The van der Waals surface area contributed by atoms with Gasteiger partial charge in [-0.05, 0) is 31.0 Å². The van der Waals surface area contributed by atoms with E-state index in [4.69, 9.17) is 4.74 Å². The van der Waals surface area contributed by atoms with Gasteiger partial charge in [0.05, 0.1) is 42.3 Å². The van der Waals surface area contributed by atoms with Crippen LogP contribution in [-0.2, 0) is 4.79 Å². The first kappa shape index (κ1) is 24.5. The maximum Gasteiger partial charge on any atom is 0.263 e. The van der Waals surface area contributed by atoms with Crippen LogP contribution in [0.15, 0.2) is 48.2 Å². The Hall–Kier alpha value is -3.59. The van der Waals surface area contributed by atoms with Gasteiger partial charge in [0.1, 0.15) is 16.5 Å². The molecule has 1 aromatic carbocycles. The number of fused-ring (bicyclic) bond motifs is 1. The van der Waals surface area contributed by atoms with E-state index in [2.05, 4.69) is 31.3 Å². The lowest BCUT2D eigenvalue weighted by Crippen LogP contribution is -2.28. The fourth-order valence-electron chi connectivity index (χ4n) is 3.91. The van der Waals surface area contributed by atoms with Gasteiger partial charge in [0.15, 0.2) is 0 Å². The highest BCUT2D eigenvalue weighted by Crippen LogP contribution is 2.26. The molecule has 0 aliphatic rings. The van der Waals surface area contributed by atoms with Gasteiger partial charge in [-0.15, -0.1) is 11.3 Å². The number of nitrogens with one attached hydrogen (secondary N) is 2. The average Bonchev–Trinajstić information content (AvgIpc) is 3.60. The van der Waals surface area contributed by atoms with Crippen molar-refractivity contribution in [2.24, 2.45) is 0 Å². The van der Waals surface area contributed by atoms with Crippen molar-refractivity contribution in [2.75, 3.05) is 7.11 Å². The summed E-state index contributed by atoms with van der Waals surface area (Å²) in [5.74, 6) is 1.41. The zero-order chi connectivity index (χ0) is 24.6. The molecule has 8 nitrogen and oxygen atoms in total. The van der Waals surface area contributed by atoms with Crippen LogP contribution in [0, 0.1) is 0 Å². The maximum atomic E-state index is 12.7. The second kappa shape index (κ2) is 11.7. The number of rotatable bonds is 12. The first-order chi connectivity index (χ1) is 17.1. The predicted octanol–water partition coefficient (Wildman–Crippen LogP) is 5.49. The molecule has 0 spiro atoms. The summed E-state index contributed by atoms with van der Waals surface area (Å²) >= 11 is 1.31. The predicted molar refractivity (Wildman–Crippen MR) is 137 cm³/mol. The van der Waals surface area contributed by atoms with Crippen molar-refractivity contribution in [2.45, 2.75) is 51.5 Å². The normalized spacial score (nSPS) is 11.9. The van der Waals surface area contributed by atoms with Gasteiger partial charge in [-0.25, -0.2) is 9.97 Å². The minimum Gasteiger partial charge on any atom is -0.481 e. The lowest BCUT2D eigenvalue weighted by molar-refractivity contribution is -0.118. The number of carbonyl (C=O) groups is 2.